The third-order valence-corrected chi connectivity index (χ3v) is 3.60. The number of aryl methyl sites for hydroxylation is 1. The Morgan fingerprint density at radius 2 is 2.25 bits per heavy atom. The second-order valence-corrected chi connectivity index (χ2v) is 5.29. The number of benzene rings is 1. The molecule has 1 saturated heterocycles. The molecule has 0 bridgehead atoms. The van der Waals surface area contributed by atoms with Crippen LogP contribution in [0.2, 0.25) is 0 Å². The molecular weight excluding hydrogens is 254 g/mol. The zero-order valence-electron chi connectivity index (χ0n) is 11.7. The molecule has 1 aromatic heterocycles. The molecule has 2 aromatic rings. The van der Waals surface area contributed by atoms with Crippen LogP contribution >= 0.6 is 0 Å². The maximum atomic E-state index is 9.57. The molecule has 0 spiro atoms. The molecule has 0 unspecified atom stereocenters. The molecule has 0 aliphatic carbocycles. The van der Waals surface area contributed by atoms with E-state index in [0.717, 1.165) is 42.5 Å². The van der Waals surface area contributed by atoms with Crippen molar-refractivity contribution < 1.29 is 5.11 Å². The van der Waals surface area contributed by atoms with Crippen molar-refractivity contribution in [1.29, 1.82) is 0 Å². The largest absolute Gasteiger partial charge is 0.508 e. The molecule has 1 fully saturated rings. The number of aromatic hydroxyl groups is 1. The lowest BCUT2D eigenvalue weighted by molar-refractivity contribution is 0.471. The predicted octanol–water partition coefficient (Wildman–Crippen LogP) is 1.28. The number of aromatic amines is 1. The van der Waals surface area contributed by atoms with Crippen molar-refractivity contribution in [3.05, 3.63) is 23.8 Å². The highest BCUT2D eigenvalue weighted by Gasteiger charge is 2.19. The number of rotatable bonds is 2. The first-order chi connectivity index (χ1) is 9.63. The number of anilines is 1. The molecule has 3 rings (SSSR count). The van der Waals surface area contributed by atoms with E-state index in [1.807, 2.05) is 19.1 Å². The Morgan fingerprint density at radius 1 is 1.40 bits per heavy atom. The fourth-order valence-corrected chi connectivity index (χ4v) is 2.44. The molecule has 1 aliphatic rings. The summed E-state index contributed by atoms with van der Waals surface area (Å²) in [5.41, 5.74) is 1.76. The minimum atomic E-state index is 0.296. The van der Waals surface area contributed by atoms with Crippen molar-refractivity contribution in [3.8, 4) is 17.1 Å². The maximum absolute atomic E-state index is 9.57. The summed E-state index contributed by atoms with van der Waals surface area (Å²) in [4.78, 5) is 6.73. The summed E-state index contributed by atoms with van der Waals surface area (Å²) >= 11 is 0. The van der Waals surface area contributed by atoms with Gasteiger partial charge in [0.2, 0.25) is 5.95 Å². The van der Waals surface area contributed by atoms with E-state index in [0.29, 0.717) is 11.8 Å². The Balaban J connectivity index is 1.84. The number of aromatic nitrogens is 3. The van der Waals surface area contributed by atoms with E-state index in [1.165, 1.54) is 0 Å². The van der Waals surface area contributed by atoms with Gasteiger partial charge in [-0.05, 0) is 37.6 Å². The van der Waals surface area contributed by atoms with Crippen molar-refractivity contribution >= 4 is 5.95 Å². The molecule has 20 heavy (non-hydrogen) atoms. The zero-order valence-corrected chi connectivity index (χ0v) is 11.7. The van der Waals surface area contributed by atoms with Crippen LogP contribution in [-0.2, 0) is 0 Å². The van der Waals surface area contributed by atoms with Gasteiger partial charge in [0, 0.05) is 31.2 Å². The third-order valence-electron chi connectivity index (χ3n) is 3.60. The van der Waals surface area contributed by atoms with E-state index in [4.69, 9.17) is 0 Å². The average Bonchev–Trinajstić information content (AvgIpc) is 2.92. The standard InChI is InChI=1S/C14H19N5O/c1-9-7-11(3-4-12(9)20)13-16-14(18-17-13)19-6-5-15-10(2)8-19/h3-4,7,10,15,20H,5-6,8H2,1-2H3,(H,16,17,18)/t10-/m0/s1. The smallest absolute Gasteiger partial charge is 0.245 e. The molecule has 0 saturated carbocycles. The number of nitrogens with zero attached hydrogens (tertiary/aromatic N) is 3. The monoisotopic (exact) mass is 273 g/mol. The van der Waals surface area contributed by atoms with Gasteiger partial charge < -0.3 is 15.3 Å². The highest BCUT2D eigenvalue weighted by Crippen LogP contribution is 2.24. The topological polar surface area (TPSA) is 77.1 Å². The molecule has 1 aliphatic heterocycles. The first-order valence-corrected chi connectivity index (χ1v) is 6.84. The van der Waals surface area contributed by atoms with Crippen molar-refractivity contribution in [2.24, 2.45) is 0 Å². The zero-order chi connectivity index (χ0) is 14.1. The van der Waals surface area contributed by atoms with Gasteiger partial charge in [-0.2, -0.15) is 4.98 Å². The molecule has 106 valence electrons. The third kappa shape index (κ3) is 2.46. The maximum Gasteiger partial charge on any atom is 0.245 e. The van der Waals surface area contributed by atoms with Crippen molar-refractivity contribution in [1.82, 2.24) is 20.5 Å². The van der Waals surface area contributed by atoms with E-state index in [1.54, 1.807) is 6.07 Å². The average molecular weight is 273 g/mol. The number of phenolic OH excluding ortho intramolecular Hbond substituents is 1. The normalized spacial score (nSPS) is 19.3. The highest BCUT2D eigenvalue weighted by atomic mass is 16.3. The number of piperazine rings is 1. The number of phenols is 1. The molecule has 3 N–H and O–H groups in total. The molecule has 0 radical (unpaired) electrons. The van der Waals surface area contributed by atoms with Gasteiger partial charge in [0.15, 0.2) is 5.82 Å². The van der Waals surface area contributed by atoms with Crippen molar-refractivity contribution in [3.63, 3.8) is 0 Å². The fourth-order valence-electron chi connectivity index (χ4n) is 2.44. The van der Waals surface area contributed by atoms with Gasteiger partial charge in [0.25, 0.3) is 0 Å². The second kappa shape index (κ2) is 5.13. The van der Waals surface area contributed by atoms with Gasteiger partial charge in [0.1, 0.15) is 5.75 Å². The first-order valence-electron chi connectivity index (χ1n) is 6.84. The van der Waals surface area contributed by atoms with E-state index >= 15 is 0 Å². The van der Waals surface area contributed by atoms with Crippen LogP contribution in [0.1, 0.15) is 12.5 Å². The summed E-state index contributed by atoms with van der Waals surface area (Å²) in [6.45, 7) is 6.79. The van der Waals surface area contributed by atoms with Gasteiger partial charge in [-0.1, -0.05) is 0 Å². The molecular formula is C14H19N5O. The van der Waals surface area contributed by atoms with Gasteiger partial charge in [-0.3, -0.25) is 5.10 Å². The van der Waals surface area contributed by atoms with E-state index in [9.17, 15) is 5.11 Å². The fraction of sp³-hybridized carbons (Fsp3) is 0.429. The molecule has 1 aromatic carbocycles. The quantitative estimate of drug-likeness (QED) is 0.768. The summed E-state index contributed by atoms with van der Waals surface area (Å²) in [5.74, 6) is 1.76. The van der Waals surface area contributed by atoms with E-state index in [2.05, 4.69) is 32.3 Å². The predicted molar refractivity (Wildman–Crippen MR) is 77.9 cm³/mol. The Hall–Kier alpha value is -2.08. The van der Waals surface area contributed by atoms with Gasteiger partial charge in [0.05, 0.1) is 0 Å². The molecule has 0 amide bonds. The van der Waals surface area contributed by atoms with Gasteiger partial charge >= 0.3 is 0 Å². The van der Waals surface area contributed by atoms with Crippen LogP contribution in [0.5, 0.6) is 5.75 Å². The lowest BCUT2D eigenvalue weighted by atomic mass is 10.1. The highest BCUT2D eigenvalue weighted by molar-refractivity contribution is 5.59. The van der Waals surface area contributed by atoms with E-state index in [-0.39, 0.29) is 0 Å². The lowest BCUT2D eigenvalue weighted by Crippen LogP contribution is -2.49. The number of H-pyrrole nitrogens is 1. The number of nitrogens with one attached hydrogen (secondary N) is 2. The van der Waals surface area contributed by atoms with Crippen LogP contribution in [-0.4, -0.2) is 46.0 Å². The van der Waals surface area contributed by atoms with Crippen LogP contribution in [0.25, 0.3) is 11.4 Å². The van der Waals surface area contributed by atoms with Crippen molar-refractivity contribution in [2.45, 2.75) is 19.9 Å². The van der Waals surface area contributed by atoms with Gasteiger partial charge in [-0.15, -0.1) is 5.10 Å². The van der Waals surface area contributed by atoms with Crippen LogP contribution in [0.4, 0.5) is 5.95 Å². The van der Waals surface area contributed by atoms with Crippen LogP contribution in [0.3, 0.4) is 0 Å². The molecule has 6 heteroatoms. The molecule has 6 nitrogen and oxygen atoms in total. The first kappa shape index (κ1) is 12.9. The lowest BCUT2D eigenvalue weighted by Gasteiger charge is -2.30. The summed E-state index contributed by atoms with van der Waals surface area (Å²) in [6.07, 6.45) is 0. The second-order valence-electron chi connectivity index (χ2n) is 5.29. The van der Waals surface area contributed by atoms with E-state index < -0.39 is 0 Å². The Kier molecular flexibility index (Phi) is 3.31. The molecule has 1 atom stereocenters. The summed E-state index contributed by atoms with van der Waals surface area (Å²) in [7, 11) is 0. The SMILES string of the molecule is Cc1cc(-c2nc(N3CCN[C@@H](C)C3)n[nH]2)ccc1O. The molecule has 2 heterocycles. The minimum absolute atomic E-state index is 0.296. The summed E-state index contributed by atoms with van der Waals surface area (Å²) < 4.78 is 0. The van der Waals surface area contributed by atoms with Crippen LogP contribution in [0, 0.1) is 6.92 Å². The summed E-state index contributed by atoms with van der Waals surface area (Å²) in [6, 6.07) is 5.87. The Morgan fingerprint density at radius 3 is 3.00 bits per heavy atom. The van der Waals surface area contributed by atoms with Gasteiger partial charge in [-0.25, -0.2) is 0 Å². The minimum Gasteiger partial charge on any atom is -0.508 e. The number of hydrogen-bond donors (Lipinski definition) is 3. The summed E-state index contributed by atoms with van der Waals surface area (Å²) in [5, 5.41) is 20.2. The van der Waals surface area contributed by atoms with Crippen LogP contribution in [0.15, 0.2) is 18.2 Å². The van der Waals surface area contributed by atoms with Crippen LogP contribution < -0.4 is 10.2 Å². The number of hydrogen-bond acceptors (Lipinski definition) is 5. The van der Waals surface area contributed by atoms with Crippen molar-refractivity contribution in [2.75, 3.05) is 24.5 Å². The Labute approximate surface area is 117 Å². The Bertz CT molecular complexity index is 609.